The lowest BCUT2D eigenvalue weighted by molar-refractivity contribution is -0.121. The van der Waals surface area contributed by atoms with Gasteiger partial charge in [0.1, 0.15) is 23.9 Å². The first kappa shape index (κ1) is 22.6. The zero-order chi connectivity index (χ0) is 22.9. The van der Waals surface area contributed by atoms with Gasteiger partial charge in [0, 0.05) is 42.0 Å². The van der Waals surface area contributed by atoms with Gasteiger partial charge < -0.3 is 24.7 Å². The van der Waals surface area contributed by atoms with Crippen LogP contribution in [0, 0.1) is 11.3 Å². The van der Waals surface area contributed by atoms with Crippen molar-refractivity contribution in [2.75, 3.05) is 32.7 Å². The fourth-order valence-electron chi connectivity index (χ4n) is 3.20. The second-order valence-corrected chi connectivity index (χ2v) is 6.92. The Bertz CT molecular complexity index is 1170. The van der Waals surface area contributed by atoms with Crippen molar-refractivity contribution in [3.63, 3.8) is 0 Å². The monoisotopic (exact) mass is 432 g/mol. The Balaban J connectivity index is 1.84. The Morgan fingerprint density at radius 2 is 1.88 bits per heavy atom. The van der Waals surface area contributed by atoms with Crippen LogP contribution in [-0.4, -0.2) is 43.8 Å². The smallest absolute Gasteiger partial charge is 0.266 e. The number of hydrogen-bond acceptors (Lipinski definition) is 5. The number of hydrogen-bond donors (Lipinski definition) is 2. The number of fused-ring (bicyclic) bond motifs is 1. The summed E-state index contributed by atoms with van der Waals surface area (Å²) < 4.78 is 11.8. The summed E-state index contributed by atoms with van der Waals surface area (Å²) in [6.07, 6.45) is 3.29. The Kier molecular flexibility index (Phi) is 7.62. The molecule has 0 bridgehead atoms. The summed E-state index contributed by atoms with van der Waals surface area (Å²) in [7, 11) is 3.13. The Morgan fingerprint density at radius 1 is 1.12 bits per heavy atom. The second kappa shape index (κ2) is 10.8. The number of carbonyl (C=O) groups excluding carboxylic acids is 2. The summed E-state index contributed by atoms with van der Waals surface area (Å²) in [4.78, 5) is 24.9. The number of benzene rings is 2. The second-order valence-electron chi connectivity index (χ2n) is 6.92. The van der Waals surface area contributed by atoms with Gasteiger partial charge in [-0.15, -0.1) is 0 Å². The highest BCUT2D eigenvalue weighted by Crippen LogP contribution is 2.24. The van der Waals surface area contributed by atoms with Crippen molar-refractivity contribution in [2.24, 2.45) is 0 Å². The van der Waals surface area contributed by atoms with E-state index in [0.29, 0.717) is 30.2 Å². The fraction of sp³-hybridized carbons (Fsp3) is 0.208. The molecule has 8 heteroatoms. The zero-order valence-corrected chi connectivity index (χ0v) is 17.9. The predicted octanol–water partition coefficient (Wildman–Crippen LogP) is 2.96. The lowest BCUT2D eigenvalue weighted by Gasteiger charge is -2.06. The third kappa shape index (κ3) is 5.53. The zero-order valence-electron chi connectivity index (χ0n) is 17.9. The van der Waals surface area contributed by atoms with E-state index in [4.69, 9.17) is 9.47 Å². The van der Waals surface area contributed by atoms with Gasteiger partial charge in [-0.25, -0.2) is 0 Å². The molecule has 3 aromatic rings. The van der Waals surface area contributed by atoms with Gasteiger partial charge in [-0.05, 0) is 36.4 Å². The number of nitrogens with one attached hydrogen (secondary N) is 2. The van der Waals surface area contributed by atoms with Crippen molar-refractivity contribution in [3.8, 4) is 11.8 Å². The van der Waals surface area contributed by atoms with Crippen LogP contribution in [0.5, 0.6) is 5.75 Å². The number of methoxy groups -OCH3 is 2. The van der Waals surface area contributed by atoms with E-state index in [2.05, 4.69) is 10.6 Å². The first-order valence-electron chi connectivity index (χ1n) is 9.96. The average Bonchev–Trinajstić information content (AvgIpc) is 3.15. The highest BCUT2D eigenvalue weighted by molar-refractivity contribution is 6.10. The van der Waals surface area contributed by atoms with Gasteiger partial charge in [-0.1, -0.05) is 18.2 Å². The van der Waals surface area contributed by atoms with Crippen molar-refractivity contribution < 1.29 is 19.1 Å². The third-order valence-corrected chi connectivity index (χ3v) is 4.77. The van der Waals surface area contributed by atoms with Crippen molar-refractivity contribution in [1.82, 2.24) is 9.88 Å². The summed E-state index contributed by atoms with van der Waals surface area (Å²) in [5.41, 5.74) is 2.00. The molecule has 32 heavy (non-hydrogen) atoms. The topological polar surface area (TPSA) is 105 Å². The third-order valence-electron chi connectivity index (χ3n) is 4.77. The van der Waals surface area contributed by atoms with Crippen LogP contribution in [0.1, 0.15) is 5.56 Å². The Morgan fingerprint density at radius 3 is 2.56 bits per heavy atom. The molecule has 0 fully saturated rings. The molecule has 1 aromatic heterocycles. The quantitative estimate of drug-likeness (QED) is 0.307. The van der Waals surface area contributed by atoms with Crippen molar-refractivity contribution >= 4 is 34.5 Å². The molecular weight excluding hydrogens is 408 g/mol. The highest BCUT2D eigenvalue weighted by Gasteiger charge is 2.14. The normalized spacial score (nSPS) is 11.1. The summed E-state index contributed by atoms with van der Waals surface area (Å²) in [6, 6.07) is 16.3. The molecule has 0 radical (unpaired) electrons. The van der Waals surface area contributed by atoms with Crippen molar-refractivity contribution in [3.05, 3.63) is 65.9 Å². The van der Waals surface area contributed by atoms with E-state index in [1.807, 2.05) is 30.3 Å². The molecule has 0 unspecified atom stereocenters. The Labute approximate surface area is 186 Å². The molecule has 0 aliphatic heterocycles. The van der Waals surface area contributed by atoms with E-state index in [1.54, 1.807) is 49.2 Å². The molecule has 3 rings (SSSR count). The van der Waals surface area contributed by atoms with Crippen LogP contribution in [0.3, 0.4) is 0 Å². The lowest BCUT2D eigenvalue weighted by Crippen LogP contribution is -2.30. The molecule has 0 aliphatic carbocycles. The maximum atomic E-state index is 12.7. The largest absolute Gasteiger partial charge is 0.497 e. The highest BCUT2D eigenvalue weighted by atomic mass is 16.5. The molecule has 2 amide bonds. The summed E-state index contributed by atoms with van der Waals surface area (Å²) in [6.45, 7) is 0.963. The number of aromatic nitrogens is 1. The van der Waals surface area contributed by atoms with Crippen LogP contribution < -0.4 is 15.4 Å². The molecule has 2 N–H and O–H groups in total. The van der Waals surface area contributed by atoms with Gasteiger partial charge >= 0.3 is 0 Å². The van der Waals surface area contributed by atoms with Crippen LogP contribution in [-0.2, 0) is 20.9 Å². The van der Waals surface area contributed by atoms with E-state index in [-0.39, 0.29) is 18.0 Å². The van der Waals surface area contributed by atoms with Gasteiger partial charge in [0.25, 0.3) is 5.91 Å². The summed E-state index contributed by atoms with van der Waals surface area (Å²) in [5.74, 6) is -0.0130. The number of rotatable bonds is 9. The molecule has 0 saturated carbocycles. The number of para-hydroxylation sites is 1. The minimum Gasteiger partial charge on any atom is -0.497 e. The van der Waals surface area contributed by atoms with Crippen LogP contribution in [0.15, 0.2) is 60.3 Å². The summed E-state index contributed by atoms with van der Waals surface area (Å²) >= 11 is 0. The van der Waals surface area contributed by atoms with Crippen LogP contribution in [0.4, 0.5) is 5.69 Å². The molecule has 164 valence electrons. The van der Waals surface area contributed by atoms with E-state index >= 15 is 0 Å². The predicted molar refractivity (Wildman–Crippen MR) is 122 cm³/mol. The number of nitrogens with zero attached hydrogens (tertiary/aromatic N) is 2. The van der Waals surface area contributed by atoms with Crippen molar-refractivity contribution in [2.45, 2.75) is 6.54 Å². The number of nitriles is 1. The van der Waals surface area contributed by atoms with E-state index < -0.39 is 5.91 Å². The summed E-state index contributed by atoms with van der Waals surface area (Å²) in [5, 5.41) is 15.9. The molecule has 0 saturated heterocycles. The first-order valence-corrected chi connectivity index (χ1v) is 9.96. The number of carbonyl (C=O) groups is 2. The number of ether oxygens (including phenoxy) is 2. The van der Waals surface area contributed by atoms with Gasteiger partial charge in [-0.2, -0.15) is 5.26 Å². The van der Waals surface area contributed by atoms with Gasteiger partial charge in [0.2, 0.25) is 5.91 Å². The van der Waals surface area contributed by atoms with Crippen molar-refractivity contribution in [1.29, 1.82) is 5.26 Å². The van der Waals surface area contributed by atoms with Crippen LogP contribution in [0.2, 0.25) is 0 Å². The SMILES string of the molecule is COCCNC(=O)Cn1cc(/C=C(\C#N)C(=O)Nc2ccc(OC)cc2)c2ccccc21. The molecule has 8 nitrogen and oxygen atoms in total. The number of anilines is 1. The van der Waals surface area contributed by atoms with Crippen LogP contribution in [0.25, 0.3) is 17.0 Å². The molecule has 2 aromatic carbocycles. The standard InChI is InChI=1S/C24H24N4O4/c1-31-12-11-26-23(29)16-28-15-18(21-5-3-4-6-22(21)28)13-17(14-25)24(30)27-19-7-9-20(32-2)10-8-19/h3-10,13,15H,11-12,16H2,1-2H3,(H,26,29)(H,27,30)/b17-13+. The number of amides is 2. The minimum atomic E-state index is -0.521. The van der Waals surface area contributed by atoms with Gasteiger partial charge in [0.05, 0.1) is 13.7 Å². The maximum Gasteiger partial charge on any atom is 0.266 e. The lowest BCUT2D eigenvalue weighted by atomic mass is 10.1. The van der Waals surface area contributed by atoms with Crippen LogP contribution >= 0.6 is 0 Å². The van der Waals surface area contributed by atoms with Gasteiger partial charge in [0.15, 0.2) is 0 Å². The van der Waals surface area contributed by atoms with E-state index in [1.165, 1.54) is 6.08 Å². The molecule has 0 atom stereocenters. The van der Waals surface area contributed by atoms with Gasteiger partial charge in [-0.3, -0.25) is 9.59 Å². The first-order chi connectivity index (χ1) is 15.5. The minimum absolute atomic E-state index is 0.0479. The molecule has 0 aliphatic rings. The maximum absolute atomic E-state index is 12.7. The Hall–Kier alpha value is -4.09. The van der Waals surface area contributed by atoms with E-state index in [0.717, 1.165) is 10.9 Å². The molecular formula is C24H24N4O4. The fourth-order valence-corrected chi connectivity index (χ4v) is 3.20. The molecule has 0 spiro atoms. The average molecular weight is 432 g/mol. The van der Waals surface area contributed by atoms with E-state index in [9.17, 15) is 14.9 Å². The molecule has 1 heterocycles.